The molecular formula is C14H13N3. The monoisotopic (exact) mass is 223 g/mol. The summed E-state index contributed by atoms with van der Waals surface area (Å²) in [6.07, 6.45) is 5.40. The maximum Gasteiger partial charge on any atom is 0.0992 e. The van der Waals surface area contributed by atoms with Gasteiger partial charge in [-0.3, -0.25) is 0 Å². The van der Waals surface area contributed by atoms with Crippen LogP contribution in [0.5, 0.6) is 0 Å². The van der Waals surface area contributed by atoms with E-state index in [0.717, 1.165) is 25.0 Å². The first-order valence-corrected chi connectivity index (χ1v) is 5.80. The van der Waals surface area contributed by atoms with Gasteiger partial charge in [0.2, 0.25) is 0 Å². The van der Waals surface area contributed by atoms with Gasteiger partial charge < -0.3 is 10.3 Å². The van der Waals surface area contributed by atoms with Crippen LogP contribution in [0.15, 0.2) is 30.5 Å². The molecule has 0 unspecified atom stereocenters. The highest BCUT2D eigenvalue weighted by molar-refractivity contribution is 5.93. The standard InChI is InChI=1S/C14H13N3/c15-7-10-3-4-12-13(9-17-14(12)6-10)11-2-1-5-16-8-11/h2-4,6,9,16-17H,1,5,8H2. The van der Waals surface area contributed by atoms with Crippen LogP contribution in [0.4, 0.5) is 0 Å². The Kier molecular flexibility index (Phi) is 2.43. The number of benzene rings is 1. The molecule has 0 saturated carbocycles. The van der Waals surface area contributed by atoms with Crippen LogP contribution in [-0.4, -0.2) is 18.1 Å². The molecule has 17 heavy (non-hydrogen) atoms. The third kappa shape index (κ3) is 1.73. The molecule has 0 atom stereocenters. The minimum atomic E-state index is 0.696. The first kappa shape index (κ1) is 10.1. The third-order valence-electron chi connectivity index (χ3n) is 3.18. The quantitative estimate of drug-likeness (QED) is 0.780. The van der Waals surface area contributed by atoms with Crippen LogP contribution in [0.1, 0.15) is 17.5 Å². The summed E-state index contributed by atoms with van der Waals surface area (Å²) in [5.74, 6) is 0. The lowest BCUT2D eigenvalue weighted by atomic mass is 10.0. The molecule has 3 heteroatoms. The van der Waals surface area contributed by atoms with Crippen molar-refractivity contribution in [3.63, 3.8) is 0 Å². The van der Waals surface area contributed by atoms with Crippen molar-refractivity contribution < 1.29 is 0 Å². The van der Waals surface area contributed by atoms with E-state index < -0.39 is 0 Å². The van der Waals surface area contributed by atoms with Crippen molar-refractivity contribution in [3.8, 4) is 6.07 Å². The number of aromatic amines is 1. The minimum absolute atomic E-state index is 0.696. The highest BCUT2D eigenvalue weighted by atomic mass is 14.9. The second-order valence-corrected chi connectivity index (χ2v) is 4.27. The summed E-state index contributed by atoms with van der Waals surface area (Å²) >= 11 is 0. The fraction of sp³-hybridized carbons (Fsp3) is 0.214. The van der Waals surface area contributed by atoms with Gasteiger partial charge in [-0.25, -0.2) is 0 Å². The molecule has 2 aromatic rings. The summed E-state index contributed by atoms with van der Waals surface area (Å²) < 4.78 is 0. The number of hydrogen-bond acceptors (Lipinski definition) is 2. The largest absolute Gasteiger partial charge is 0.361 e. The molecule has 3 rings (SSSR count). The van der Waals surface area contributed by atoms with Gasteiger partial charge in [0.05, 0.1) is 11.6 Å². The molecule has 1 aliphatic rings. The fourth-order valence-corrected chi connectivity index (χ4v) is 2.31. The summed E-state index contributed by atoms with van der Waals surface area (Å²) in [7, 11) is 0. The van der Waals surface area contributed by atoms with Gasteiger partial charge in [0.1, 0.15) is 0 Å². The van der Waals surface area contributed by atoms with Crippen molar-refractivity contribution in [2.24, 2.45) is 0 Å². The van der Waals surface area contributed by atoms with Crippen LogP contribution in [0.2, 0.25) is 0 Å². The topological polar surface area (TPSA) is 51.6 Å². The number of nitrogens with one attached hydrogen (secondary N) is 2. The number of H-pyrrole nitrogens is 1. The second-order valence-electron chi connectivity index (χ2n) is 4.27. The maximum atomic E-state index is 8.87. The van der Waals surface area contributed by atoms with E-state index in [1.807, 2.05) is 24.4 Å². The summed E-state index contributed by atoms with van der Waals surface area (Å²) in [5, 5.41) is 13.4. The van der Waals surface area contributed by atoms with Crippen LogP contribution in [0.3, 0.4) is 0 Å². The van der Waals surface area contributed by atoms with Gasteiger partial charge in [0.15, 0.2) is 0 Å². The zero-order chi connectivity index (χ0) is 11.7. The minimum Gasteiger partial charge on any atom is -0.361 e. The Morgan fingerprint density at radius 3 is 3.00 bits per heavy atom. The van der Waals surface area contributed by atoms with E-state index in [-0.39, 0.29) is 0 Å². The van der Waals surface area contributed by atoms with Crippen molar-refractivity contribution in [1.29, 1.82) is 5.26 Å². The van der Waals surface area contributed by atoms with Crippen molar-refractivity contribution in [2.45, 2.75) is 6.42 Å². The molecule has 84 valence electrons. The number of nitriles is 1. The zero-order valence-corrected chi connectivity index (χ0v) is 9.46. The molecule has 0 fully saturated rings. The number of hydrogen-bond donors (Lipinski definition) is 2. The maximum absolute atomic E-state index is 8.87. The summed E-state index contributed by atoms with van der Waals surface area (Å²) in [6.45, 7) is 1.98. The molecule has 2 heterocycles. The van der Waals surface area contributed by atoms with Crippen LogP contribution in [0.25, 0.3) is 16.5 Å². The molecule has 1 aromatic carbocycles. The molecular weight excluding hydrogens is 210 g/mol. The Morgan fingerprint density at radius 2 is 2.24 bits per heavy atom. The SMILES string of the molecule is N#Cc1ccc2c(C3=CCCNC3)c[nH]c2c1. The zero-order valence-electron chi connectivity index (χ0n) is 9.46. The van der Waals surface area contributed by atoms with E-state index >= 15 is 0 Å². The Balaban J connectivity index is 2.12. The average molecular weight is 223 g/mol. The Bertz CT molecular complexity index is 628. The van der Waals surface area contributed by atoms with Crippen LogP contribution < -0.4 is 5.32 Å². The highest BCUT2D eigenvalue weighted by Gasteiger charge is 2.10. The Morgan fingerprint density at radius 1 is 1.29 bits per heavy atom. The fourth-order valence-electron chi connectivity index (χ4n) is 2.31. The summed E-state index contributed by atoms with van der Waals surface area (Å²) in [4.78, 5) is 3.24. The lowest BCUT2D eigenvalue weighted by Crippen LogP contribution is -2.21. The van der Waals surface area contributed by atoms with Gasteiger partial charge in [-0.05, 0) is 30.7 Å². The molecule has 1 aromatic heterocycles. The third-order valence-corrected chi connectivity index (χ3v) is 3.18. The van der Waals surface area contributed by atoms with Gasteiger partial charge in [-0.1, -0.05) is 12.1 Å². The van der Waals surface area contributed by atoms with Crippen molar-refractivity contribution in [2.75, 3.05) is 13.1 Å². The Hall–Kier alpha value is -2.05. The molecule has 0 spiro atoms. The van der Waals surface area contributed by atoms with Crippen LogP contribution in [-0.2, 0) is 0 Å². The van der Waals surface area contributed by atoms with E-state index in [2.05, 4.69) is 22.4 Å². The van der Waals surface area contributed by atoms with E-state index in [4.69, 9.17) is 5.26 Å². The Labute approximate surface area is 99.8 Å². The summed E-state index contributed by atoms with van der Waals surface area (Å²) in [5.41, 5.74) is 4.32. The van der Waals surface area contributed by atoms with E-state index in [1.165, 1.54) is 16.5 Å². The molecule has 3 nitrogen and oxygen atoms in total. The van der Waals surface area contributed by atoms with Crippen molar-refractivity contribution in [1.82, 2.24) is 10.3 Å². The van der Waals surface area contributed by atoms with E-state index in [0.29, 0.717) is 5.56 Å². The number of fused-ring (bicyclic) bond motifs is 1. The predicted octanol–water partition coefficient (Wildman–Crippen LogP) is 2.42. The molecule has 2 N–H and O–H groups in total. The number of nitrogens with zero attached hydrogens (tertiary/aromatic N) is 1. The molecule has 0 aliphatic carbocycles. The molecule has 0 bridgehead atoms. The van der Waals surface area contributed by atoms with Gasteiger partial charge in [-0.2, -0.15) is 5.26 Å². The normalized spacial score (nSPS) is 15.6. The van der Waals surface area contributed by atoms with Gasteiger partial charge in [0.25, 0.3) is 0 Å². The molecule has 1 aliphatic heterocycles. The summed E-state index contributed by atoms with van der Waals surface area (Å²) in [6, 6.07) is 7.95. The first-order chi connectivity index (χ1) is 8.38. The van der Waals surface area contributed by atoms with Crippen LogP contribution >= 0.6 is 0 Å². The number of rotatable bonds is 1. The van der Waals surface area contributed by atoms with Crippen molar-refractivity contribution in [3.05, 3.63) is 41.6 Å². The molecule has 0 amide bonds. The predicted molar refractivity (Wildman–Crippen MR) is 68.5 cm³/mol. The van der Waals surface area contributed by atoms with E-state index in [9.17, 15) is 0 Å². The smallest absolute Gasteiger partial charge is 0.0992 e. The van der Waals surface area contributed by atoms with Crippen molar-refractivity contribution >= 4 is 16.5 Å². The van der Waals surface area contributed by atoms with E-state index in [1.54, 1.807) is 0 Å². The second kappa shape index (κ2) is 4.08. The lowest BCUT2D eigenvalue weighted by Gasteiger charge is -2.13. The number of aromatic nitrogens is 1. The first-order valence-electron chi connectivity index (χ1n) is 5.80. The van der Waals surface area contributed by atoms with Gasteiger partial charge in [-0.15, -0.1) is 0 Å². The van der Waals surface area contributed by atoms with Gasteiger partial charge >= 0.3 is 0 Å². The van der Waals surface area contributed by atoms with Gasteiger partial charge in [0, 0.05) is 29.2 Å². The highest BCUT2D eigenvalue weighted by Crippen LogP contribution is 2.26. The van der Waals surface area contributed by atoms with Crippen LogP contribution in [0, 0.1) is 11.3 Å². The lowest BCUT2D eigenvalue weighted by molar-refractivity contribution is 0.739. The molecule has 0 radical (unpaired) electrons. The molecule has 0 saturated heterocycles. The average Bonchev–Trinajstić information content (AvgIpc) is 2.82.